The Hall–Kier alpha value is -0.730. The number of rotatable bonds is 6. The van der Waals surface area contributed by atoms with E-state index in [1.54, 1.807) is 7.11 Å². The zero-order chi connectivity index (χ0) is 13.6. The molecule has 3 heteroatoms. The summed E-state index contributed by atoms with van der Waals surface area (Å²) in [7, 11) is 1.66. The smallest absolute Gasteiger partial charge is 0.120 e. The van der Waals surface area contributed by atoms with Crippen molar-refractivity contribution in [2.75, 3.05) is 13.7 Å². The van der Waals surface area contributed by atoms with Gasteiger partial charge in [0.25, 0.3) is 0 Å². The van der Waals surface area contributed by atoms with Crippen molar-refractivity contribution in [3.05, 3.63) is 28.8 Å². The topological polar surface area (TPSA) is 21.3 Å². The fraction of sp³-hybridized carbons (Fsp3) is 0.600. The molecule has 0 saturated heterocycles. The molecule has 0 heterocycles. The summed E-state index contributed by atoms with van der Waals surface area (Å²) in [6.45, 7) is 7.62. The molecule has 1 aromatic carbocycles. The first-order chi connectivity index (χ1) is 8.42. The SMILES string of the molecule is COc1ccc(CCCCNC(C)(C)C)c(Cl)c1. The first-order valence-electron chi connectivity index (χ1n) is 6.50. The van der Waals surface area contributed by atoms with Crippen LogP contribution < -0.4 is 10.1 Å². The number of halogens is 1. The molecule has 0 aliphatic carbocycles. The van der Waals surface area contributed by atoms with Crippen molar-refractivity contribution in [3.63, 3.8) is 0 Å². The fourth-order valence-corrected chi connectivity index (χ4v) is 2.03. The number of benzene rings is 1. The third kappa shape index (κ3) is 5.74. The molecule has 18 heavy (non-hydrogen) atoms. The van der Waals surface area contributed by atoms with E-state index >= 15 is 0 Å². The lowest BCUT2D eigenvalue weighted by Crippen LogP contribution is -2.36. The van der Waals surface area contributed by atoms with Gasteiger partial charge in [0.2, 0.25) is 0 Å². The van der Waals surface area contributed by atoms with Crippen LogP contribution in [0.25, 0.3) is 0 Å². The highest BCUT2D eigenvalue weighted by Gasteiger charge is 2.07. The van der Waals surface area contributed by atoms with E-state index in [-0.39, 0.29) is 5.54 Å². The van der Waals surface area contributed by atoms with E-state index in [2.05, 4.69) is 32.2 Å². The van der Waals surface area contributed by atoms with Gasteiger partial charge in [-0.3, -0.25) is 0 Å². The van der Waals surface area contributed by atoms with Crippen molar-refractivity contribution in [2.45, 2.75) is 45.6 Å². The Morgan fingerprint density at radius 2 is 1.94 bits per heavy atom. The van der Waals surface area contributed by atoms with Crippen LogP contribution in [0.15, 0.2) is 18.2 Å². The molecular weight excluding hydrogens is 246 g/mol. The predicted octanol–water partition coefficient (Wildman–Crippen LogP) is 4.06. The molecule has 1 N–H and O–H groups in total. The van der Waals surface area contributed by atoms with Crippen LogP contribution in [-0.4, -0.2) is 19.2 Å². The lowest BCUT2D eigenvalue weighted by atomic mass is 10.1. The fourth-order valence-electron chi connectivity index (χ4n) is 1.76. The Balaban J connectivity index is 2.31. The van der Waals surface area contributed by atoms with Crippen molar-refractivity contribution in [1.82, 2.24) is 5.32 Å². The van der Waals surface area contributed by atoms with Gasteiger partial charge in [0.05, 0.1) is 7.11 Å². The van der Waals surface area contributed by atoms with E-state index in [0.29, 0.717) is 0 Å². The number of unbranched alkanes of at least 4 members (excludes halogenated alkanes) is 1. The molecule has 0 fully saturated rings. The van der Waals surface area contributed by atoms with E-state index in [1.165, 1.54) is 12.0 Å². The maximum atomic E-state index is 6.20. The normalized spacial score (nSPS) is 11.6. The minimum Gasteiger partial charge on any atom is -0.497 e. The first kappa shape index (κ1) is 15.3. The van der Waals surface area contributed by atoms with Gasteiger partial charge in [-0.25, -0.2) is 0 Å². The third-order valence-electron chi connectivity index (χ3n) is 2.79. The van der Waals surface area contributed by atoms with E-state index in [4.69, 9.17) is 16.3 Å². The number of hydrogen-bond acceptors (Lipinski definition) is 2. The summed E-state index contributed by atoms with van der Waals surface area (Å²) >= 11 is 6.20. The zero-order valence-corrected chi connectivity index (χ0v) is 12.6. The minimum absolute atomic E-state index is 0.206. The van der Waals surface area contributed by atoms with E-state index in [9.17, 15) is 0 Å². The van der Waals surface area contributed by atoms with Gasteiger partial charge in [-0.2, -0.15) is 0 Å². The average Bonchev–Trinajstić information content (AvgIpc) is 2.29. The predicted molar refractivity (Wildman–Crippen MR) is 78.7 cm³/mol. The molecule has 0 aliphatic rings. The third-order valence-corrected chi connectivity index (χ3v) is 3.14. The number of ether oxygens (including phenoxy) is 1. The summed E-state index contributed by atoms with van der Waals surface area (Å²) in [6, 6.07) is 5.90. The monoisotopic (exact) mass is 269 g/mol. The van der Waals surface area contributed by atoms with Gasteiger partial charge < -0.3 is 10.1 Å². The van der Waals surface area contributed by atoms with Crippen LogP contribution in [-0.2, 0) is 6.42 Å². The quantitative estimate of drug-likeness (QED) is 0.787. The number of hydrogen-bond donors (Lipinski definition) is 1. The molecular formula is C15H24ClNO. The molecule has 0 unspecified atom stereocenters. The Kier molecular flexibility index (Phi) is 5.97. The molecule has 0 aromatic heterocycles. The maximum Gasteiger partial charge on any atom is 0.120 e. The van der Waals surface area contributed by atoms with Crippen LogP contribution >= 0.6 is 11.6 Å². The molecule has 102 valence electrons. The highest BCUT2D eigenvalue weighted by atomic mass is 35.5. The van der Waals surface area contributed by atoms with Crippen LogP contribution in [0.4, 0.5) is 0 Å². The van der Waals surface area contributed by atoms with E-state index < -0.39 is 0 Å². The van der Waals surface area contributed by atoms with Gasteiger partial charge in [0.15, 0.2) is 0 Å². The Bertz CT molecular complexity index is 371. The summed E-state index contributed by atoms with van der Waals surface area (Å²) in [5.74, 6) is 0.818. The van der Waals surface area contributed by atoms with Crippen molar-refractivity contribution in [1.29, 1.82) is 0 Å². The lowest BCUT2D eigenvalue weighted by Gasteiger charge is -2.20. The van der Waals surface area contributed by atoms with Gasteiger partial charge in [-0.05, 0) is 64.3 Å². The van der Waals surface area contributed by atoms with Crippen LogP contribution in [0, 0.1) is 0 Å². The Morgan fingerprint density at radius 3 is 2.50 bits per heavy atom. The van der Waals surface area contributed by atoms with E-state index in [1.807, 2.05) is 12.1 Å². The molecule has 1 rings (SSSR count). The second-order valence-electron chi connectivity index (χ2n) is 5.59. The van der Waals surface area contributed by atoms with Crippen molar-refractivity contribution < 1.29 is 4.74 Å². The Labute approximate surface area is 116 Å². The minimum atomic E-state index is 0.206. The first-order valence-corrected chi connectivity index (χ1v) is 6.87. The van der Waals surface area contributed by atoms with Crippen LogP contribution in [0.5, 0.6) is 5.75 Å². The molecule has 0 spiro atoms. The van der Waals surface area contributed by atoms with E-state index in [0.717, 1.165) is 30.2 Å². The summed E-state index contributed by atoms with van der Waals surface area (Å²) in [4.78, 5) is 0. The molecule has 0 atom stereocenters. The average molecular weight is 270 g/mol. The van der Waals surface area contributed by atoms with Gasteiger partial charge in [0.1, 0.15) is 5.75 Å². The van der Waals surface area contributed by atoms with Gasteiger partial charge in [-0.1, -0.05) is 17.7 Å². The van der Waals surface area contributed by atoms with Crippen molar-refractivity contribution in [2.24, 2.45) is 0 Å². The number of methoxy groups -OCH3 is 1. The van der Waals surface area contributed by atoms with Gasteiger partial charge in [-0.15, -0.1) is 0 Å². The highest BCUT2D eigenvalue weighted by Crippen LogP contribution is 2.23. The van der Waals surface area contributed by atoms with Crippen molar-refractivity contribution in [3.8, 4) is 5.75 Å². The molecule has 0 amide bonds. The largest absolute Gasteiger partial charge is 0.497 e. The molecule has 0 radical (unpaired) electrons. The summed E-state index contributed by atoms with van der Waals surface area (Å²) in [5.41, 5.74) is 1.41. The number of aryl methyl sites for hydroxylation is 1. The standard InChI is InChI=1S/C15H24ClNO/c1-15(2,3)17-10-6-5-7-12-8-9-13(18-4)11-14(12)16/h8-9,11,17H,5-7,10H2,1-4H3. The lowest BCUT2D eigenvalue weighted by molar-refractivity contribution is 0.414. The molecule has 2 nitrogen and oxygen atoms in total. The van der Waals surface area contributed by atoms with Crippen LogP contribution in [0.3, 0.4) is 0 Å². The zero-order valence-electron chi connectivity index (χ0n) is 11.8. The van der Waals surface area contributed by atoms with Crippen molar-refractivity contribution >= 4 is 11.6 Å². The second-order valence-corrected chi connectivity index (χ2v) is 6.00. The van der Waals surface area contributed by atoms with Crippen LogP contribution in [0.1, 0.15) is 39.2 Å². The number of nitrogens with one attached hydrogen (secondary N) is 1. The molecule has 0 bridgehead atoms. The van der Waals surface area contributed by atoms with Gasteiger partial charge in [0, 0.05) is 10.6 Å². The maximum absolute atomic E-state index is 6.20. The molecule has 1 aromatic rings. The van der Waals surface area contributed by atoms with Crippen LogP contribution in [0.2, 0.25) is 5.02 Å². The summed E-state index contributed by atoms with van der Waals surface area (Å²) in [6.07, 6.45) is 3.34. The Morgan fingerprint density at radius 1 is 1.22 bits per heavy atom. The second kappa shape index (κ2) is 7.01. The summed E-state index contributed by atoms with van der Waals surface area (Å²) in [5, 5.41) is 4.29. The van der Waals surface area contributed by atoms with Gasteiger partial charge >= 0.3 is 0 Å². The molecule has 0 saturated carbocycles. The highest BCUT2D eigenvalue weighted by molar-refractivity contribution is 6.31. The molecule has 0 aliphatic heterocycles. The summed E-state index contributed by atoms with van der Waals surface area (Å²) < 4.78 is 5.14.